The first kappa shape index (κ1) is 11.6. The molecular formula is C6H19N3. The monoisotopic (exact) mass is 133 g/mol. The van der Waals surface area contributed by atoms with Gasteiger partial charge in [-0.25, -0.2) is 0 Å². The van der Waals surface area contributed by atoms with Crippen molar-refractivity contribution in [1.29, 1.82) is 0 Å². The van der Waals surface area contributed by atoms with Crippen LogP contribution in [0.2, 0.25) is 0 Å². The Labute approximate surface area is 57.4 Å². The number of nitrogens with two attached hydrogens (primary N) is 2. The zero-order valence-corrected chi connectivity index (χ0v) is 6.27. The molecule has 0 saturated carbocycles. The molecule has 0 rings (SSSR count). The molecule has 0 aliphatic rings. The minimum absolute atomic E-state index is 0. The fourth-order valence-electron chi connectivity index (χ4n) is 0.729. The van der Waals surface area contributed by atoms with E-state index < -0.39 is 0 Å². The Morgan fingerprint density at radius 1 is 1.33 bits per heavy atom. The molecule has 1 atom stereocenters. The van der Waals surface area contributed by atoms with Crippen LogP contribution >= 0.6 is 0 Å². The van der Waals surface area contributed by atoms with E-state index in [1.807, 2.05) is 0 Å². The third-order valence-corrected chi connectivity index (χ3v) is 1.20. The average molecular weight is 133 g/mol. The zero-order chi connectivity index (χ0) is 6.41. The van der Waals surface area contributed by atoms with Gasteiger partial charge < -0.3 is 17.6 Å². The third kappa shape index (κ3) is 7.88. The highest BCUT2D eigenvalue weighted by atomic mass is 14.6. The lowest BCUT2D eigenvalue weighted by Gasteiger charge is -2.05. The van der Waals surface area contributed by atoms with Gasteiger partial charge in [-0.1, -0.05) is 13.3 Å². The Morgan fingerprint density at radius 3 is 2.22 bits per heavy atom. The van der Waals surface area contributed by atoms with E-state index in [0.29, 0.717) is 6.04 Å². The van der Waals surface area contributed by atoms with Gasteiger partial charge in [0.05, 0.1) is 0 Å². The van der Waals surface area contributed by atoms with Crippen LogP contribution in [0.5, 0.6) is 0 Å². The van der Waals surface area contributed by atoms with Gasteiger partial charge in [0.1, 0.15) is 0 Å². The van der Waals surface area contributed by atoms with Crippen LogP contribution in [0, 0.1) is 0 Å². The summed E-state index contributed by atoms with van der Waals surface area (Å²) in [4.78, 5) is 0. The highest BCUT2D eigenvalue weighted by Gasteiger charge is 1.96. The van der Waals surface area contributed by atoms with Crippen LogP contribution in [0.15, 0.2) is 0 Å². The second kappa shape index (κ2) is 7.88. The number of hydrogen-bond acceptors (Lipinski definition) is 3. The van der Waals surface area contributed by atoms with Crippen molar-refractivity contribution in [3.05, 3.63) is 0 Å². The maximum atomic E-state index is 5.61. The van der Waals surface area contributed by atoms with Crippen LogP contribution in [0.3, 0.4) is 0 Å². The fraction of sp³-hybridized carbons (Fsp3) is 1.00. The van der Waals surface area contributed by atoms with Crippen molar-refractivity contribution in [1.82, 2.24) is 6.15 Å². The Bertz CT molecular complexity index is 41.6. The van der Waals surface area contributed by atoms with Crippen molar-refractivity contribution in [2.75, 3.05) is 6.54 Å². The van der Waals surface area contributed by atoms with Crippen molar-refractivity contribution in [3.63, 3.8) is 0 Å². The Hall–Kier alpha value is -0.120. The molecule has 58 valence electrons. The lowest BCUT2D eigenvalue weighted by atomic mass is 10.1. The fourth-order valence-corrected chi connectivity index (χ4v) is 0.729. The molecule has 0 aromatic rings. The quantitative estimate of drug-likeness (QED) is 0.525. The lowest BCUT2D eigenvalue weighted by molar-refractivity contribution is 0.568. The molecule has 1 unspecified atom stereocenters. The summed E-state index contributed by atoms with van der Waals surface area (Å²) >= 11 is 0. The molecule has 0 aliphatic carbocycles. The lowest BCUT2D eigenvalue weighted by Crippen LogP contribution is -2.22. The minimum Gasteiger partial charge on any atom is -0.344 e. The summed E-state index contributed by atoms with van der Waals surface area (Å²) in [6.45, 7) is 2.86. The normalized spacial score (nSPS) is 12.3. The van der Waals surface area contributed by atoms with Crippen LogP contribution in [-0.4, -0.2) is 12.6 Å². The molecule has 0 amide bonds. The van der Waals surface area contributed by atoms with Crippen molar-refractivity contribution < 1.29 is 0 Å². The summed E-state index contributed by atoms with van der Waals surface area (Å²) in [6.07, 6.45) is 3.24. The van der Waals surface area contributed by atoms with E-state index in [9.17, 15) is 0 Å². The second-order valence-corrected chi connectivity index (χ2v) is 2.13. The molecule has 3 nitrogen and oxygen atoms in total. The molecule has 0 fully saturated rings. The Kier molecular flexibility index (Phi) is 10.2. The standard InChI is InChI=1S/C6H16N2.H3N/c1-2-3-6(8)4-5-7;/h6H,2-5,7-8H2,1H3;1H3. The molecule has 0 aromatic carbocycles. The van der Waals surface area contributed by atoms with Gasteiger partial charge in [0.25, 0.3) is 0 Å². The summed E-state index contributed by atoms with van der Waals surface area (Å²) in [7, 11) is 0. The van der Waals surface area contributed by atoms with Crippen molar-refractivity contribution >= 4 is 0 Å². The summed E-state index contributed by atoms with van der Waals surface area (Å²) in [5, 5.41) is 0. The van der Waals surface area contributed by atoms with Gasteiger partial charge in [-0.2, -0.15) is 0 Å². The maximum Gasteiger partial charge on any atom is 0.00507 e. The molecule has 0 aliphatic heterocycles. The van der Waals surface area contributed by atoms with E-state index in [0.717, 1.165) is 19.4 Å². The number of rotatable bonds is 4. The number of hydrogen-bond donors (Lipinski definition) is 3. The first-order valence-corrected chi connectivity index (χ1v) is 3.27. The maximum absolute atomic E-state index is 5.61. The SMILES string of the molecule is CCCC(N)CCN.N. The summed E-state index contributed by atoms with van der Waals surface area (Å²) in [5.74, 6) is 0. The molecule has 0 aromatic heterocycles. The zero-order valence-electron chi connectivity index (χ0n) is 6.27. The van der Waals surface area contributed by atoms with Gasteiger partial charge >= 0.3 is 0 Å². The minimum atomic E-state index is 0. The van der Waals surface area contributed by atoms with E-state index >= 15 is 0 Å². The van der Waals surface area contributed by atoms with E-state index in [1.165, 1.54) is 6.42 Å². The first-order valence-electron chi connectivity index (χ1n) is 3.27. The molecule has 0 bridgehead atoms. The second-order valence-electron chi connectivity index (χ2n) is 2.13. The van der Waals surface area contributed by atoms with E-state index in [2.05, 4.69) is 6.92 Å². The molecular weight excluding hydrogens is 114 g/mol. The van der Waals surface area contributed by atoms with Crippen molar-refractivity contribution in [3.8, 4) is 0 Å². The molecule has 0 heterocycles. The van der Waals surface area contributed by atoms with E-state index in [-0.39, 0.29) is 6.15 Å². The summed E-state index contributed by atoms with van der Waals surface area (Å²) < 4.78 is 0. The van der Waals surface area contributed by atoms with Crippen LogP contribution < -0.4 is 17.6 Å². The van der Waals surface area contributed by atoms with Crippen LogP contribution in [0.4, 0.5) is 0 Å². The molecule has 3 heteroatoms. The van der Waals surface area contributed by atoms with Gasteiger partial charge in [-0.15, -0.1) is 0 Å². The highest BCUT2D eigenvalue weighted by molar-refractivity contribution is 4.59. The predicted octanol–water partition coefficient (Wildman–Crippen LogP) is 0.625. The average Bonchev–Trinajstić information content (AvgIpc) is 1.68. The molecule has 0 saturated heterocycles. The molecule has 0 radical (unpaired) electrons. The van der Waals surface area contributed by atoms with Gasteiger partial charge in [0.2, 0.25) is 0 Å². The summed E-state index contributed by atoms with van der Waals surface area (Å²) in [6, 6.07) is 0.338. The van der Waals surface area contributed by atoms with Gasteiger partial charge in [-0.3, -0.25) is 0 Å². The largest absolute Gasteiger partial charge is 0.344 e. The molecule has 9 heavy (non-hydrogen) atoms. The van der Waals surface area contributed by atoms with Crippen LogP contribution in [-0.2, 0) is 0 Å². The Balaban J connectivity index is 0. The summed E-state index contributed by atoms with van der Waals surface area (Å²) in [5.41, 5.74) is 10.9. The third-order valence-electron chi connectivity index (χ3n) is 1.20. The van der Waals surface area contributed by atoms with Crippen LogP contribution in [0.25, 0.3) is 0 Å². The molecule has 0 spiro atoms. The molecule has 7 N–H and O–H groups in total. The van der Waals surface area contributed by atoms with E-state index in [4.69, 9.17) is 11.5 Å². The first-order chi connectivity index (χ1) is 3.81. The van der Waals surface area contributed by atoms with Crippen LogP contribution in [0.1, 0.15) is 26.2 Å². The topological polar surface area (TPSA) is 87.0 Å². The Morgan fingerprint density at radius 2 is 1.89 bits per heavy atom. The van der Waals surface area contributed by atoms with E-state index in [1.54, 1.807) is 0 Å². The van der Waals surface area contributed by atoms with Gasteiger partial charge in [0, 0.05) is 6.04 Å². The van der Waals surface area contributed by atoms with Gasteiger partial charge in [-0.05, 0) is 19.4 Å². The van der Waals surface area contributed by atoms with Crippen molar-refractivity contribution in [2.24, 2.45) is 11.5 Å². The van der Waals surface area contributed by atoms with Crippen molar-refractivity contribution in [2.45, 2.75) is 32.2 Å². The highest BCUT2D eigenvalue weighted by Crippen LogP contribution is 1.95. The predicted molar refractivity (Wildman–Crippen MR) is 41.6 cm³/mol. The van der Waals surface area contributed by atoms with Gasteiger partial charge in [0.15, 0.2) is 0 Å². The smallest absolute Gasteiger partial charge is 0.00507 e.